The highest BCUT2D eigenvalue weighted by Gasteiger charge is 2.18. The quantitative estimate of drug-likeness (QED) is 0.176. The van der Waals surface area contributed by atoms with Crippen molar-refractivity contribution in [1.29, 1.82) is 0 Å². The Labute approximate surface area is 330 Å². The number of fused-ring (bicyclic) bond motifs is 9. The second-order valence-electron chi connectivity index (χ2n) is 14.4. The summed E-state index contributed by atoms with van der Waals surface area (Å²) in [6.07, 6.45) is 0. The Bertz CT molecular complexity index is 3490. The van der Waals surface area contributed by atoms with Gasteiger partial charge < -0.3 is 8.98 Å². The molecule has 0 fully saturated rings. The van der Waals surface area contributed by atoms with Crippen molar-refractivity contribution in [3.8, 4) is 51.0 Å². The van der Waals surface area contributed by atoms with Crippen molar-refractivity contribution in [2.45, 2.75) is 0 Å². The van der Waals surface area contributed by atoms with E-state index in [1.807, 2.05) is 41.7 Å². The summed E-state index contributed by atoms with van der Waals surface area (Å²) in [4.78, 5) is 15.3. The average molecular weight is 747 g/mol. The van der Waals surface area contributed by atoms with Crippen LogP contribution >= 0.6 is 11.3 Å². The van der Waals surface area contributed by atoms with Gasteiger partial charge in [-0.05, 0) is 71.8 Å². The van der Waals surface area contributed by atoms with Crippen LogP contribution in [0.2, 0.25) is 0 Å². The van der Waals surface area contributed by atoms with Gasteiger partial charge in [0.05, 0.1) is 11.0 Å². The van der Waals surface area contributed by atoms with Crippen LogP contribution in [0.15, 0.2) is 186 Å². The van der Waals surface area contributed by atoms with E-state index < -0.39 is 0 Å². The summed E-state index contributed by atoms with van der Waals surface area (Å²) in [7, 11) is 0. The van der Waals surface area contributed by atoms with E-state index >= 15 is 0 Å². The molecule has 5 nitrogen and oxygen atoms in total. The summed E-state index contributed by atoms with van der Waals surface area (Å²) >= 11 is 1.84. The van der Waals surface area contributed by atoms with Crippen molar-refractivity contribution in [3.63, 3.8) is 0 Å². The zero-order chi connectivity index (χ0) is 37.5. The van der Waals surface area contributed by atoms with Crippen LogP contribution < -0.4 is 0 Å². The molecule has 0 atom stereocenters. The lowest BCUT2D eigenvalue weighted by molar-refractivity contribution is 0.669. The SMILES string of the molecule is c1ccc(-c2nc(-c3cccc(-n4c5ccccc5c5ccccc54)c3)nc(-c3ccc4c(c3)oc3ccc(-c5cccc6sc7ccccc7c56)cc34)n2)cc1. The molecule has 0 saturated carbocycles. The topological polar surface area (TPSA) is 56.7 Å². The Morgan fingerprint density at radius 2 is 1.00 bits per heavy atom. The number of hydrogen-bond donors (Lipinski definition) is 0. The minimum Gasteiger partial charge on any atom is -0.456 e. The predicted octanol–water partition coefficient (Wildman–Crippen LogP) is 13.9. The largest absolute Gasteiger partial charge is 0.456 e. The van der Waals surface area contributed by atoms with Crippen molar-refractivity contribution >= 4 is 75.3 Å². The van der Waals surface area contributed by atoms with E-state index in [0.717, 1.165) is 55.3 Å². The molecule has 0 bridgehead atoms. The normalized spacial score (nSPS) is 11.9. The fourth-order valence-electron chi connectivity index (χ4n) is 8.43. The Hall–Kier alpha value is -7.41. The fourth-order valence-corrected chi connectivity index (χ4v) is 9.57. The molecule has 4 aromatic heterocycles. The summed E-state index contributed by atoms with van der Waals surface area (Å²) < 4.78 is 11.4. The minimum atomic E-state index is 0.583. The van der Waals surface area contributed by atoms with Crippen molar-refractivity contribution in [1.82, 2.24) is 19.5 Å². The number of nitrogens with zero attached hydrogens (tertiary/aromatic N) is 4. The second kappa shape index (κ2) is 12.6. The number of aromatic nitrogens is 4. The third kappa shape index (κ3) is 5.12. The molecule has 4 heterocycles. The molecule has 0 amide bonds. The number of thiophene rings is 1. The van der Waals surface area contributed by atoms with Gasteiger partial charge in [0.25, 0.3) is 0 Å². The summed E-state index contributed by atoms with van der Waals surface area (Å²) in [6.45, 7) is 0. The molecule has 8 aromatic carbocycles. The van der Waals surface area contributed by atoms with Gasteiger partial charge in [0, 0.05) is 64.1 Å². The molecule has 12 aromatic rings. The van der Waals surface area contributed by atoms with Crippen LogP contribution in [-0.4, -0.2) is 19.5 Å². The number of furan rings is 1. The van der Waals surface area contributed by atoms with Gasteiger partial charge in [-0.3, -0.25) is 0 Å². The Balaban J connectivity index is 0.989. The van der Waals surface area contributed by atoms with E-state index in [1.165, 1.54) is 42.1 Å². The number of benzene rings is 8. The van der Waals surface area contributed by atoms with Gasteiger partial charge in [-0.2, -0.15) is 0 Å². The molecule has 6 heteroatoms. The van der Waals surface area contributed by atoms with Gasteiger partial charge in [0.1, 0.15) is 11.2 Å². The van der Waals surface area contributed by atoms with Crippen molar-refractivity contribution in [3.05, 3.63) is 182 Å². The smallest absolute Gasteiger partial charge is 0.164 e. The zero-order valence-corrected chi connectivity index (χ0v) is 31.2. The molecule has 0 spiro atoms. The molecule has 0 unspecified atom stereocenters. The molecule has 0 aliphatic rings. The Morgan fingerprint density at radius 3 is 1.79 bits per heavy atom. The van der Waals surface area contributed by atoms with Crippen LogP contribution in [0.5, 0.6) is 0 Å². The Kier molecular flexibility index (Phi) is 7.03. The van der Waals surface area contributed by atoms with Gasteiger partial charge in [0.2, 0.25) is 0 Å². The number of para-hydroxylation sites is 2. The molecular weight excluding hydrogens is 717 g/mol. The molecule has 0 N–H and O–H groups in total. The lowest BCUT2D eigenvalue weighted by Gasteiger charge is -2.11. The van der Waals surface area contributed by atoms with E-state index in [1.54, 1.807) is 0 Å². The van der Waals surface area contributed by atoms with Gasteiger partial charge >= 0.3 is 0 Å². The highest BCUT2D eigenvalue weighted by atomic mass is 32.1. The van der Waals surface area contributed by atoms with Gasteiger partial charge in [-0.15, -0.1) is 11.3 Å². The second-order valence-corrected chi connectivity index (χ2v) is 15.5. The molecule has 12 rings (SSSR count). The molecule has 0 saturated heterocycles. The lowest BCUT2D eigenvalue weighted by Crippen LogP contribution is -2.01. The first-order valence-corrected chi connectivity index (χ1v) is 19.8. The predicted molar refractivity (Wildman–Crippen MR) is 236 cm³/mol. The van der Waals surface area contributed by atoms with E-state index in [-0.39, 0.29) is 0 Å². The van der Waals surface area contributed by atoms with Crippen molar-refractivity contribution in [2.24, 2.45) is 0 Å². The minimum absolute atomic E-state index is 0.583. The van der Waals surface area contributed by atoms with Crippen LogP contribution in [0.4, 0.5) is 0 Å². The van der Waals surface area contributed by atoms with Crippen molar-refractivity contribution in [2.75, 3.05) is 0 Å². The van der Waals surface area contributed by atoms with Crippen LogP contribution in [-0.2, 0) is 0 Å². The average Bonchev–Trinajstić information content (AvgIpc) is 3.95. The zero-order valence-electron chi connectivity index (χ0n) is 30.4. The van der Waals surface area contributed by atoms with Gasteiger partial charge in [0.15, 0.2) is 17.5 Å². The maximum Gasteiger partial charge on any atom is 0.164 e. The first kappa shape index (κ1) is 31.9. The van der Waals surface area contributed by atoms with Crippen molar-refractivity contribution < 1.29 is 4.42 Å². The van der Waals surface area contributed by atoms with Gasteiger partial charge in [-0.25, -0.2) is 15.0 Å². The third-order valence-electron chi connectivity index (χ3n) is 11.1. The highest BCUT2D eigenvalue weighted by Crippen LogP contribution is 2.42. The summed E-state index contributed by atoms with van der Waals surface area (Å²) in [5.74, 6) is 1.80. The molecular formula is C51H30N4OS. The van der Waals surface area contributed by atoms with Gasteiger partial charge in [-0.1, -0.05) is 121 Å². The number of rotatable bonds is 5. The van der Waals surface area contributed by atoms with Crippen LogP contribution in [0.1, 0.15) is 0 Å². The molecule has 57 heavy (non-hydrogen) atoms. The van der Waals surface area contributed by atoms with E-state index in [0.29, 0.717) is 17.5 Å². The van der Waals surface area contributed by atoms with Crippen LogP contribution in [0, 0.1) is 0 Å². The van der Waals surface area contributed by atoms with Crippen LogP contribution in [0.25, 0.3) is 115 Å². The summed E-state index contributed by atoms with van der Waals surface area (Å²) in [6, 6.07) is 63.8. The Morgan fingerprint density at radius 1 is 0.386 bits per heavy atom. The first-order valence-electron chi connectivity index (χ1n) is 19.0. The molecule has 0 aliphatic heterocycles. The van der Waals surface area contributed by atoms with E-state index in [4.69, 9.17) is 19.4 Å². The summed E-state index contributed by atoms with van der Waals surface area (Å²) in [5, 5.41) is 7.16. The van der Waals surface area contributed by atoms with Crippen LogP contribution in [0.3, 0.4) is 0 Å². The number of hydrogen-bond acceptors (Lipinski definition) is 5. The highest BCUT2D eigenvalue weighted by molar-refractivity contribution is 7.25. The molecule has 266 valence electrons. The maximum absolute atomic E-state index is 6.53. The first-order chi connectivity index (χ1) is 28.2. The lowest BCUT2D eigenvalue weighted by atomic mass is 9.98. The molecule has 0 radical (unpaired) electrons. The maximum atomic E-state index is 6.53. The van der Waals surface area contributed by atoms with E-state index in [2.05, 4.69) is 156 Å². The third-order valence-corrected chi connectivity index (χ3v) is 12.2. The van der Waals surface area contributed by atoms with E-state index in [9.17, 15) is 0 Å². The molecule has 0 aliphatic carbocycles. The summed E-state index contributed by atoms with van der Waals surface area (Å²) in [5.41, 5.74) is 10.1. The monoisotopic (exact) mass is 746 g/mol. The standard InChI is InChI=1S/C51H30N4OS/c1-2-12-31(13-3-1)49-52-50(33-14-10-15-35(28-33)55-42-20-7-4-16-37(42)38-17-5-8-21-43(38)55)54-51(53-49)34-24-26-39-41-29-32(25-27-44(41)56-45(39)30-34)36-19-11-23-47-48(36)40-18-6-9-22-46(40)57-47/h1-30H. The fraction of sp³-hybridized carbons (Fsp3) is 0.